The van der Waals surface area contributed by atoms with E-state index in [1.807, 2.05) is 31.0 Å². The average molecular weight is 215 g/mol. The SMILES string of the molecule is Cc1cc(C)c(-c2cnn(C)c2)c(C)c1N. The van der Waals surface area contributed by atoms with Crippen LogP contribution in [0.2, 0.25) is 0 Å². The van der Waals surface area contributed by atoms with Crippen molar-refractivity contribution in [1.29, 1.82) is 0 Å². The van der Waals surface area contributed by atoms with Gasteiger partial charge < -0.3 is 5.73 Å². The molecular formula is C13H17N3. The molecule has 2 rings (SSSR count). The van der Waals surface area contributed by atoms with E-state index in [0.717, 1.165) is 22.4 Å². The first-order chi connectivity index (χ1) is 7.50. The molecular weight excluding hydrogens is 198 g/mol. The van der Waals surface area contributed by atoms with E-state index in [9.17, 15) is 0 Å². The summed E-state index contributed by atoms with van der Waals surface area (Å²) in [6.45, 7) is 6.22. The maximum absolute atomic E-state index is 6.07. The Morgan fingerprint density at radius 3 is 2.44 bits per heavy atom. The number of hydrogen-bond acceptors (Lipinski definition) is 2. The molecule has 16 heavy (non-hydrogen) atoms. The van der Waals surface area contributed by atoms with Crippen molar-refractivity contribution in [3.05, 3.63) is 35.2 Å². The quantitative estimate of drug-likeness (QED) is 0.743. The molecule has 3 heteroatoms. The molecule has 3 nitrogen and oxygen atoms in total. The van der Waals surface area contributed by atoms with Crippen molar-refractivity contribution in [2.24, 2.45) is 7.05 Å². The van der Waals surface area contributed by atoms with Crippen molar-refractivity contribution in [2.75, 3.05) is 5.73 Å². The molecule has 0 amide bonds. The van der Waals surface area contributed by atoms with Crippen LogP contribution in [0.3, 0.4) is 0 Å². The van der Waals surface area contributed by atoms with Gasteiger partial charge in [0.05, 0.1) is 6.20 Å². The molecule has 1 heterocycles. The Hall–Kier alpha value is -1.77. The lowest BCUT2D eigenvalue weighted by Gasteiger charge is -2.13. The molecule has 0 saturated heterocycles. The molecule has 0 aliphatic heterocycles. The highest BCUT2D eigenvalue weighted by Gasteiger charge is 2.11. The van der Waals surface area contributed by atoms with Crippen LogP contribution < -0.4 is 5.73 Å². The number of rotatable bonds is 1. The molecule has 84 valence electrons. The molecule has 2 aromatic rings. The minimum Gasteiger partial charge on any atom is -0.398 e. The molecule has 0 spiro atoms. The van der Waals surface area contributed by atoms with Gasteiger partial charge in [-0.15, -0.1) is 0 Å². The second kappa shape index (κ2) is 3.67. The van der Waals surface area contributed by atoms with Gasteiger partial charge >= 0.3 is 0 Å². The smallest absolute Gasteiger partial charge is 0.0568 e. The summed E-state index contributed by atoms with van der Waals surface area (Å²) in [6, 6.07) is 2.13. The Balaban J connectivity index is 2.70. The van der Waals surface area contributed by atoms with Gasteiger partial charge in [0, 0.05) is 24.5 Å². The van der Waals surface area contributed by atoms with E-state index < -0.39 is 0 Å². The monoisotopic (exact) mass is 215 g/mol. The lowest BCUT2D eigenvalue weighted by atomic mass is 9.94. The van der Waals surface area contributed by atoms with Gasteiger partial charge in [0.15, 0.2) is 0 Å². The Kier molecular flexibility index (Phi) is 2.46. The van der Waals surface area contributed by atoms with E-state index in [1.54, 1.807) is 0 Å². The van der Waals surface area contributed by atoms with E-state index in [4.69, 9.17) is 5.73 Å². The third kappa shape index (κ3) is 1.58. The van der Waals surface area contributed by atoms with Crippen molar-refractivity contribution in [3.63, 3.8) is 0 Å². The van der Waals surface area contributed by atoms with Crippen LogP contribution in [0.25, 0.3) is 11.1 Å². The van der Waals surface area contributed by atoms with Gasteiger partial charge in [-0.05, 0) is 43.0 Å². The predicted octanol–water partition coefficient (Wildman–Crippen LogP) is 2.59. The van der Waals surface area contributed by atoms with E-state index in [0.29, 0.717) is 0 Å². The standard InChI is InChI=1S/C13H17N3/c1-8-5-9(2)13(14)10(3)12(8)11-6-15-16(4)7-11/h5-7H,14H2,1-4H3. The average Bonchev–Trinajstić information content (AvgIpc) is 2.61. The van der Waals surface area contributed by atoms with E-state index in [2.05, 4.69) is 25.0 Å². The highest BCUT2D eigenvalue weighted by Crippen LogP contribution is 2.32. The van der Waals surface area contributed by atoms with Crippen LogP contribution in [0.4, 0.5) is 5.69 Å². The molecule has 0 aliphatic rings. The summed E-state index contributed by atoms with van der Waals surface area (Å²) >= 11 is 0. The van der Waals surface area contributed by atoms with E-state index in [-0.39, 0.29) is 0 Å². The lowest BCUT2D eigenvalue weighted by Crippen LogP contribution is -1.98. The molecule has 0 unspecified atom stereocenters. The fourth-order valence-electron chi connectivity index (χ4n) is 2.20. The summed E-state index contributed by atoms with van der Waals surface area (Å²) in [5.74, 6) is 0. The normalized spacial score (nSPS) is 10.8. The Morgan fingerprint density at radius 1 is 1.19 bits per heavy atom. The van der Waals surface area contributed by atoms with Gasteiger partial charge in [0.1, 0.15) is 0 Å². The number of benzene rings is 1. The van der Waals surface area contributed by atoms with Crippen LogP contribution in [0.15, 0.2) is 18.5 Å². The maximum atomic E-state index is 6.07. The predicted molar refractivity (Wildman–Crippen MR) is 67.3 cm³/mol. The van der Waals surface area contributed by atoms with Gasteiger partial charge in [-0.1, -0.05) is 6.07 Å². The summed E-state index contributed by atoms with van der Waals surface area (Å²) in [5, 5.41) is 4.20. The van der Waals surface area contributed by atoms with Crippen LogP contribution in [0.1, 0.15) is 16.7 Å². The van der Waals surface area contributed by atoms with E-state index >= 15 is 0 Å². The van der Waals surface area contributed by atoms with Crippen molar-refractivity contribution in [3.8, 4) is 11.1 Å². The van der Waals surface area contributed by atoms with Gasteiger partial charge in [0.2, 0.25) is 0 Å². The number of anilines is 1. The van der Waals surface area contributed by atoms with Crippen LogP contribution >= 0.6 is 0 Å². The number of hydrogen-bond donors (Lipinski definition) is 1. The third-order valence-corrected chi connectivity index (χ3v) is 3.02. The van der Waals surface area contributed by atoms with Gasteiger partial charge in [-0.25, -0.2) is 0 Å². The zero-order valence-electron chi connectivity index (χ0n) is 10.2. The first kappa shape index (κ1) is 10.7. The van der Waals surface area contributed by atoms with Gasteiger partial charge in [-0.3, -0.25) is 4.68 Å². The van der Waals surface area contributed by atoms with Crippen LogP contribution in [0.5, 0.6) is 0 Å². The van der Waals surface area contributed by atoms with Crippen molar-refractivity contribution < 1.29 is 0 Å². The molecule has 0 bridgehead atoms. The van der Waals surface area contributed by atoms with E-state index in [1.165, 1.54) is 11.1 Å². The number of nitrogens with two attached hydrogens (primary N) is 1. The highest BCUT2D eigenvalue weighted by molar-refractivity contribution is 5.76. The number of aryl methyl sites for hydroxylation is 3. The Bertz CT molecular complexity index is 538. The fourth-order valence-corrected chi connectivity index (χ4v) is 2.20. The van der Waals surface area contributed by atoms with Crippen LogP contribution in [-0.2, 0) is 7.05 Å². The fraction of sp³-hybridized carbons (Fsp3) is 0.308. The first-order valence-electron chi connectivity index (χ1n) is 5.36. The minimum atomic E-state index is 0.879. The zero-order valence-corrected chi connectivity index (χ0v) is 10.2. The Morgan fingerprint density at radius 2 is 1.88 bits per heavy atom. The number of nitrogens with zero attached hydrogens (tertiary/aromatic N) is 2. The largest absolute Gasteiger partial charge is 0.398 e. The first-order valence-corrected chi connectivity index (χ1v) is 5.36. The summed E-state index contributed by atoms with van der Waals surface area (Å²) < 4.78 is 1.81. The van der Waals surface area contributed by atoms with Gasteiger partial charge in [-0.2, -0.15) is 5.10 Å². The molecule has 0 atom stereocenters. The van der Waals surface area contributed by atoms with Crippen molar-refractivity contribution >= 4 is 5.69 Å². The lowest BCUT2D eigenvalue weighted by molar-refractivity contribution is 0.768. The summed E-state index contributed by atoms with van der Waals surface area (Å²) in [6.07, 6.45) is 3.90. The minimum absolute atomic E-state index is 0.879. The van der Waals surface area contributed by atoms with Crippen molar-refractivity contribution in [1.82, 2.24) is 9.78 Å². The second-order valence-electron chi connectivity index (χ2n) is 4.33. The molecule has 0 radical (unpaired) electrons. The molecule has 2 N–H and O–H groups in total. The topological polar surface area (TPSA) is 43.8 Å². The molecule has 1 aromatic carbocycles. The number of nitrogen functional groups attached to an aromatic ring is 1. The molecule has 0 aliphatic carbocycles. The summed E-state index contributed by atoms with van der Waals surface area (Å²) in [5.41, 5.74) is 12.8. The molecule has 0 saturated carbocycles. The summed E-state index contributed by atoms with van der Waals surface area (Å²) in [4.78, 5) is 0. The van der Waals surface area contributed by atoms with Gasteiger partial charge in [0.25, 0.3) is 0 Å². The van der Waals surface area contributed by atoms with Crippen LogP contribution in [-0.4, -0.2) is 9.78 Å². The summed E-state index contributed by atoms with van der Waals surface area (Å²) in [7, 11) is 1.92. The second-order valence-corrected chi connectivity index (χ2v) is 4.33. The number of aromatic nitrogens is 2. The zero-order chi connectivity index (χ0) is 11.9. The molecule has 1 aromatic heterocycles. The third-order valence-electron chi connectivity index (χ3n) is 3.02. The van der Waals surface area contributed by atoms with Crippen LogP contribution in [0, 0.1) is 20.8 Å². The maximum Gasteiger partial charge on any atom is 0.0568 e. The van der Waals surface area contributed by atoms with Crippen molar-refractivity contribution in [2.45, 2.75) is 20.8 Å². The highest BCUT2D eigenvalue weighted by atomic mass is 15.2. The molecule has 0 fully saturated rings. The Labute approximate surface area is 95.9 Å².